The summed E-state index contributed by atoms with van der Waals surface area (Å²) in [5, 5.41) is 8.57. The molecule has 1 aliphatic rings. The molecule has 1 N–H and O–H groups in total. The van der Waals surface area contributed by atoms with E-state index in [1.807, 2.05) is 67.6 Å². The number of hydrogen-bond acceptors (Lipinski definition) is 5. The van der Waals surface area contributed by atoms with Crippen LogP contribution in [0.1, 0.15) is 53.4 Å². The van der Waals surface area contributed by atoms with Crippen molar-refractivity contribution in [2.75, 3.05) is 7.11 Å². The first-order valence-electron chi connectivity index (χ1n) is 11.0. The minimum atomic E-state index is -0.404. The molecule has 0 aliphatic heterocycles. The number of aromatic nitrogens is 2. The molecule has 0 bridgehead atoms. The van der Waals surface area contributed by atoms with E-state index in [0.29, 0.717) is 33.3 Å². The van der Waals surface area contributed by atoms with E-state index >= 15 is 0 Å². The molecule has 7 heteroatoms. The number of fused-ring (bicyclic) bond motifs is 1. The van der Waals surface area contributed by atoms with Crippen molar-refractivity contribution in [1.82, 2.24) is 15.5 Å². The van der Waals surface area contributed by atoms with Crippen LogP contribution in [0.3, 0.4) is 0 Å². The van der Waals surface area contributed by atoms with Crippen molar-refractivity contribution in [3.05, 3.63) is 82.5 Å². The first-order chi connectivity index (χ1) is 16.1. The van der Waals surface area contributed by atoms with Gasteiger partial charge in [-0.3, -0.25) is 4.79 Å². The molecule has 0 spiro atoms. The zero-order valence-corrected chi connectivity index (χ0v) is 19.2. The molecule has 2 aromatic heterocycles. The zero-order valence-electron chi connectivity index (χ0n) is 18.4. The average Bonchev–Trinajstić information content (AvgIpc) is 3.59. The van der Waals surface area contributed by atoms with Crippen LogP contribution in [0.15, 0.2) is 65.2 Å². The summed E-state index contributed by atoms with van der Waals surface area (Å²) in [5.41, 5.74) is 4.04. The van der Waals surface area contributed by atoms with Crippen LogP contribution in [-0.4, -0.2) is 29.2 Å². The average molecular weight is 462 g/mol. The van der Waals surface area contributed by atoms with Gasteiger partial charge < -0.3 is 14.6 Å². The lowest BCUT2D eigenvalue weighted by atomic mass is 10.0. The molecule has 1 amide bonds. The summed E-state index contributed by atoms with van der Waals surface area (Å²) in [6, 6.07) is 18.7. The SMILES string of the molecule is COC(c1ccccc1Cl)C(C)NC(=O)c1cc(C2CC2)nc2onc(-c3ccccc3)c12. The van der Waals surface area contributed by atoms with Crippen LogP contribution in [0.2, 0.25) is 5.02 Å². The van der Waals surface area contributed by atoms with Gasteiger partial charge in [0.05, 0.1) is 17.0 Å². The minimum Gasteiger partial charge on any atom is -0.375 e. The maximum Gasteiger partial charge on any atom is 0.259 e. The Morgan fingerprint density at radius 3 is 2.58 bits per heavy atom. The second kappa shape index (κ2) is 8.96. The van der Waals surface area contributed by atoms with E-state index in [2.05, 4.69) is 15.5 Å². The summed E-state index contributed by atoms with van der Waals surface area (Å²) in [4.78, 5) is 18.3. The van der Waals surface area contributed by atoms with Crippen LogP contribution < -0.4 is 5.32 Å². The van der Waals surface area contributed by atoms with Gasteiger partial charge in [-0.1, -0.05) is 65.3 Å². The molecule has 1 fully saturated rings. The number of carbonyl (C=O) groups is 1. The number of halogens is 1. The molecular formula is C26H24ClN3O3. The van der Waals surface area contributed by atoms with Gasteiger partial charge in [0.1, 0.15) is 11.8 Å². The molecule has 6 nitrogen and oxygen atoms in total. The fraction of sp³-hybridized carbons (Fsp3) is 0.269. The summed E-state index contributed by atoms with van der Waals surface area (Å²) in [5.74, 6) is 0.129. The highest BCUT2D eigenvalue weighted by Crippen LogP contribution is 2.41. The van der Waals surface area contributed by atoms with E-state index < -0.39 is 6.10 Å². The number of carbonyl (C=O) groups excluding carboxylic acids is 1. The van der Waals surface area contributed by atoms with Gasteiger partial charge in [0, 0.05) is 34.9 Å². The van der Waals surface area contributed by atoms with E-state index in [-0.39, 0.29) is 11.9 Å². The quantitative estimate of drug-likeness (QED) is 0.369. The molecule has 168 valence electrons. The zero-order chi connectivity index (χ0) is 22.9. The van der Waals surface area contributed by atoms with Gasteiger partial charge in [0.2, 0.25) is 0 Å². The lowest BCUT2D eigenvalue weighted by molar-refractivity contribution is 0.0646. The van der Waals surface area contributed by atoms with E-state index in [4.69, 9.17) is 20.9 Å². The predicted octanol–water partition coefficient (Wildman–Crippen LogP) is 5.93. The van der Waals surface area contributed by atoms with Crippen molar-refractivity contribution in [2.45, 2.75) is 37.8 Å². The Morgan fingerprint density at radius 1 is 1.15 bits per heavy atom. The Morgan fingerprint density at radius 2 is 1.88 bits per heavy atom. The van der Waals surface area contributed by atoms with Gasteiger partial charge in [-0.15, -0.1) is 0 Å². The summed E-state index contributed by atoms with van der Waals surface area (Å²) in [7, 11) is 1.61. The van der Waals surface area contributed by atoms with E-state index in [9.17, 15) is 4.79 Å². The van der Waals surface area contributed by atoms with Crippen LogP contribution in [0, 0.1) is 0 Å². The van der Waals surface area contributed by atoms with Gasteiger partial charge in [0.25, 0.3) is 11.6 Å². The van der Waals surface area contributed by atoms with Gasteiger partial charge in [-0.25, -0.2) is 4.98 Å². The lowest BCUT2D eigenvalue weighted by Gasteiger charge is -2.25. The van der Waals surface area contributed by atoms with Crippen molar-refractivity contribution >= 4 is 28.6 Å². The summed E-state index contributed by atoms with van der Waals surface area (Å²) in [6.45, 7) is 1.90. The van der Waals surface area contributed by atoms with Crippen LogP contribution in [-0.2, 0) is 4.74 Å². The van der Waals surface area contributed by atoms with Gasteiger partial charge in [-0.05, 0) is 31.9 Å². The van der Waals surface area contributed by atoms with Crippen molar-refractivity contribution in [3.63, 3.8) is 0 Å². The molecule has 2 atom stereocenters. The minimum absolute atomic E-state index is 0.230. The number of ether oxygens (including phenoxy) is 1. The Hall–Kier alpha value is -3.22. The largest absolute Gasteiger partial charge is 0.375 e. The molecule has 2 unspecified atom stereocenters. The topological polar surface area (TPSA) is 77.2 Å². The maximum absolute atomic E-state index is 13.6. The third-order valence-electron chi connectivity index (χ3n) is 6.03. The van der Waals surface area contributed by atoms with E-state index in [0.717, 1.165) is 29.7 Å². The number of benzene rings is 2. The Bertz CT molecular complexity index is 1300. The second-order valence-corrected chi connectivity index (χ2v) is 8.79. The lowest BCUT2D eigenvalue weighted by Crippen LogP contribution is -2.38. The van der Waals surface area contributed by atoms with Crippen molar-refractivity contribution in [2.24, 2.45) is 0 Å². The molecule has 2 aromatic carbocycles. The normalized spacial score (nSPS) is 15.4. The van der Waals surface area contributed by atoms with Crippen LogP contribution in [0.4, 0.5) is 0 Å². The van der Waals surface area contributed by atoms with Crippen LogP contribution >= 0.6 is 11.6 Å². The number of rotatable bonds is 7. The van der Waals surface area contributed by atoms with Crippen molar-refractivity contribution < 1.29 is 14.1 Å². The smallest absolute Gasteiger partial charge is 0.259 e. The standard InChI is InChI=1S/C26H24ClN3O3/c1-15(24(32-2)18-10-6-7-11-20(18)27)28-25(31)19-14-21(16-12-13-16)29-26-22(19)23(30-33-26)17-8-4-3-5-9-17/h3-11,14-16,24H,12-13H2,1-2H3,(H,28,31). The van der Waals surface area contributed by atoms with E-state index in [1.54, 1.807) is 7.11 Å². The fourth-order valence-corrected chi connectivity index (χ4v) is 4.44. The van der Waals surface area contributed by atoms with E-state index in [1.165, 1.54) is 0 Å². The number of hydrogen-bond donors (Lipinski definition) is 1. The first-order valence-corrected chi connectivity index (χ1v) is 11.4. The third-order valence-corrected chi connectivity index (χ3v) is 6.38. The number of methoxy groups -OCH3 is 1. The molecule has 1 aliphatic carbocycles. The van der Waals surface area contributed by atoms with Gasteiger partial charge in [0.15, 0.2) is 0 Å². The van der Waals surface area contributed by atoms with Gasteiger partial charge in [-0.2, -0.15) is 0 Å². The fourth-order valence-electron chi connectivity index (χ4n) is 4.20. The van der Waals surface area contributed by atoms with Crippen molar-refractivity contribution in [3.8, 4) is 11.3 Å². The maximum atomic E-state index is 13.6. The monoisotopic (exact) mass is 461 g/mol. The molecule has 0 saturated heterocycles. The molecule has 33 heavy (non-hydrogen) atoms. The third kappa shape index (κ3) is 4.24. The summed E-state index contributed by atoms with van der Waals surface area (Å²) >= 11 is 6.39. The highest BCUT2D eigenvalue weighted by atomic mass is 35.5. The molecular weight excluding hydrogens is 438 g/mol. The highest BCUT2D eigenvalue weighted by molar-refractivity contribution is 6.31. The number of pyridine rings is 1. The second-order valence-electron chi connectivity index (χ2n) is 8.39. The summed E-state index contributed by atoms with van der Waals surface area (Å²) < 4.78 is 11.3. The van der Waals surface area contributed by atoms with Crippen molar-refractivity contribution in [1.29, 1.82) is 0 Å². The molecule has 0 radical (unpaired) electrons. The first kappa shape index (κ1) is 21.6. The number of nitrogens with zero attached hydrogens (tertiary/aromatic N) is 2. The summed E-state index contributed by atoms with van der Waals surface area (Å²) in [6.07, 6.45) is 1.72. The Balaban J connectivity index is 1.53. The molecule has 4 aromatic rings. The molecule has 5 rings (SSSR count). The Labute approximate surface area is 196 Å². The Kier molecular flexibility index (Phi) is 5.87. The van der Waals surface area contributed by atoms with Crippen LogP contribution in [0.25, 0.3) is 22.4 Å². The predicted molar refractivity (Wildman–Crippen MR) is 127 cm³/mol. The van der Waals surface area contributed by atoms with Crippen LogP contribution in [0.5, 0.6) is 0 Å². The molecule has 2 heterocycles. The van der Waals surface area contributed by atoms with Gasteiger partial charge >= 0.3 is 0 Å². The number of nitrogens with one attached hydrogen (secondary N) is 1. The highest BCUT2D eigenvalue weighted by Gasteiger charge is 2.30. The molecule has 1 saturated carbocycles. The number of amides is 1.